The normalized spacial score (nSPS) is 25.2. The van der Waals surface area contributed by atoms with Crippen LogP contribution < -0.4 is 0 Å². The van der Waals surface area contributed by atoms with E-state index in [-0.39, 0.29) is 0 Å². The minimum Gasteiger partial charge on any atom is -0.377 e. The molecule has 0 bridgehead atoms. The number of halogens is 1. The van der Waals surface area contributed by atoms with E-state index >= 15 is 0 Å². The number of rotatable bonds is 6. The zero-order valence-electron chi connectivity index (χ0n) is 13.4. The Morgan fingerprint density at radius 2 is 1.73 bits per heavy atom. The molecule has 0 N–H and O–H groups in total. The van der Waals surface area contributed by atoms with Gasteiger partial charge in [-0.05, 0) is 49.8 Å². The maximum Gasteiger partial charge on any atom is 0.0702 e. The number of ether oxygens (including phenoxy) is 2. The lowest BCUT2D eigenvalue weighted by Gasteiger charge is -2.28. The van der Waals surface area contributed by atoms with Gasteiger partial charge in [0.1, 0.15) is 0 Å². The van der Waals surface area contributed by atoms with Crippen LogP contribution in [-0.4, -0.2) is 43.4 Å². The Balaban J connectivity index is 1.65. The summed E-state index contributed by atoms with van der Waals surface area (Å²) in [5.41, 5.74) is 2.64. The summed E-state index contributed by atoms with van der Waals surface area (Å²) in [6, 6.07) is 6.62. The number of nitrogens with zero attached hydrogens (tertiary/aromatic N) is 1. The lowest BCUT2D eigenvalue weighted by Crippen LogP contribution is -2.37. The van der Waals surface area contributed by atoms with E-state index in [1.54, 1.807) is 0 Å². The second-order valence-electron chi connectivity index (χ2n) is 6.56. The van der Waals surface area contributed by atoms with Crippen LogP contribution in [-0.2, 0) is 16.0 Å². The SMILES string of the molecule is Cc1ccc(CN(CC2CCCO2)CC2CCCO2)c(Br)c1. The molecule has 0 saturated carbocycles. The van der Waals surface area contributed by atoms with E-state index in [0.29, 0.717) is 12.2 Å². The van der Waals surface area contributed by atoms with E-state index in [0.717, 1.165) is 32.8 Å². The highest BCUT2D eigenvalue weighted by molar-refractivity contribution is 9.10. The monoisotopic (exact) mass is 367 g/mol. The van der Waals surface area contributed by atoms with Crippen molar-refractivity contribution in [2.45, 2.75) is 51.4 Å². The van der Waals surface area contributed by atoms with E-state index in [1.807, 2.05) is 0 Å². The molecule has 2 aliphatic rings. The van der Waals surface area contributed by atoms with Crippen molar-refractivity contribution in [1.29, 1.82) is 0 Å². The molecule has 0 amide bonds. The first kappa shape index (κ1) is 16.4. The van der Waals surface area contributed by atoms with E-state index in [4.69, 9.17) is 9.47 Å². The van der Waals surface area contributed by atoms with Crippen molar-refractivity contribution in [3.63, 3.8) is 0 Å². The van der Waals surface area contributed by atoms with Crippen LogP contribution in [0.25, 0.3) is 0 Å². The molecule has 3 nitrogen and oxygen atoms in total. The lowest BCUT2D eigenvalue weighted by atomic mass is 10.1. The highest BCUT2D eigenvalue weighted by atomic mass is 79.9. The van der Waals surface area contributed by atoms with Gasteiger partial charge in [-0.3, -0.25) is 4.90 Å². The second kappa shape index (κ2) is 7.91. The predicted octanol–water partition coefficient (Wildman–Crippen LogP) is 3.92. The Hall–Kier alpha value is -0.420. The molecule has 2 fully saturated rings. The molecule has 2 unspecified atom stereocenters. The van der Waals surface area contributed by atoms with Crippen LogP contribution in [0, 0.1) is 6.92 Å². The molecule has 122 valence electrons. The maximum atomic E-state index is 5.84. The lowest BCUT2D eigenvalue weighted by molar-refractivity contribution is 0.0345. The maximum absolute atomic E-state index is 5.84. The largest absolute Gasteiger partial charge is 0.377 e. The molecule has 4 heteroatoms. The van der Waals surface area contributed by atoms with E-state index in [1.165, 1.54) is 41.3 Å². The number of benzene rings is 1. The van der Waals surface area contributed by atoms with E-state index in [9.17, 15) is 0 Å². The third-order valence-corrected chi connectivity index (χ3v) is 5.31. The minimum absolute atomic E-state index is 0.394. The summed E-state index contributed by atoms with van der Waals surface area (Å²) in [7, 11) is 0. The summed E-state index contributed by atoms with van der Waals surface area (Å²) in [4.78, 5) is 2.52. The third kappa shape index (κ3) is 4.54. The fraction of sp³-hybridized carbons (Fsp3) is 0.667. The Kier molecular flexibility index (Phi) is 5.91. The highest BCUT2D eigenvalue weighted by Crippen LogP contribution is 2.23. The number of hydrogen-bond donors (Lipinski definition) is 0. The van der Waals surface area contributed by atoms with Gasteiger partial charge in [-0.25, -0.2) is 0 Å². The summed E-state index contributed by atoms with van der Waals surface area (Å²) in [6.45, 7) is 6.96. The van der Waals surface area contributed by atoms with Gasteiger partial charge < -0.3 is 9.47 Å². The van der Waals surface area contributed by atoms with Gasteiger partial charge in [-0.1, -0.05) is 28.1 Å². The molecule has 2 saturated heterocycles. The van der Waals surface area contributed by atoms with Crippen LogP contribution >= 0.6 is 15.9 Å². The quantitative estimate of drug-likeness (QED) is 0.760. The van der Waals surface area contributed by atoms with Crippen molar-refractivity contribution < 1.29 is 9.47 Å². The van der Waals surface area contributed by atoms with Crippen LogP contribution in [0.3, 0.4) is 0 Å². The first-order valence-electron chi connectivity index (χ1n) is 8.41. The minimum atomic E-state index is 0.394. The molecule has 2 aliphatic heterocycles. The Labute approximate surface area is 142 Å². The molecule has 2 atom stereocenters. The molecule has 22 heavy (non-hydrogen) atoms. The Bertz CT molecular complexity index is 464. The summed E-state index contributed by atoms with van der Waals surface area (Å²) >= 11 is 3.71. The van der Waals surface area contributed by atoms with Gasteiger partial charge in [0.15, 0.2) is 0 Å². The number of aryl methyl sites for hydroxylation is 1. The van der Waals surface area contributed by atoms with Crippen molar-refractivity contribution in [1.82, 2.24) is 4.90 Å². The molecular formula is C18H26BrNO2. The zero-order chi connectivity index (χ0) is 15.4. The highest BCUT2D eigenvalue weighted by Gasteiger charge is 2.24. The first-order chi connectivity index (χ1) is 10.7. The summed E-state index contributed by atoms with van der Waals surface area (Å²) in [5.74, 6) is 0. The Morgan fingerprint density at radius 1 is 1.09 bits per heavy atom. The van der Waals surface area contributed by atoms with Crippen molar-refractivity contribution in [3.05, 3.63) is 33.8 Å². The van der Waals surface area contributed by atoms with Gasteiger partial charge in [-0.2, -0.15) is 0 Å². The summed E-state index contributed by atoms with van der Waals surface area (Å²) < 4.78 is 12.9. The van der Waals surface area contributed by atoms with Crippen molar-refractivity contribution >= 4 is 15.9 Å². The van der Waals surface area contributed by atoms with E-state index in [2.05, 4.69) is 46.0 Å². The van der Waals surface area contributed by atoms with Crippen LogP contribution in [0.15, 0.2) is 22.7 Å². The van der Waals surface area contributed by atoms with Gasteiger partial charge >= 0.3 is 0 Å². The van der Waals surface area contributed by atoms with Crippen molar-refractivity contribution in [2.75, 3.05) is 26.3 Å². The summed E-state index contributed by atoms with van der Waals surface area (Å²) in [5, 5.41) is 0. The fourth-order valence-electron chi connectivity index (χ4n) is 3.38. The predicted molar refractivity (Wildman–Crippen MR) is 92.1 cm³/mol. The smallest absolute Gasteiger partial charge is 0.0702 e. The third-order valence-electron chi connectivity index (χ3n) is 4.57. The average molecular weight is 368 g/mol. The fourth-order valence-corrected chi connectivity index (χ4v) is 4.00. The zero-order valence-corrected chi connectivity index (χ0v) is 15.0. The molecule has 0 aliphatic carbocycles. The number of hydrogen-bond acceptors (Lipinski definition) is 3. The molecule has 3 rings (SSSR count). The van der Waals surface area contributed by atoms with Gasteiger partial charge in [-0.15, -0.1) is 0 Å². The van der Waals surface area contributed by atoms with Crippen molar-refractivity contribution in [3.8, 4) is 0 Å². The average Bonchev–Trinajstić information content (AvgIpc) is 3.15. The van der Waals surface area contributed by atoms with Gasteiger partial charge in [0.2, 0.25) is 0 Å². The van der Waals surface area contributed by atoms with Crippen LogP contribution in [0.5, 0.6) is 0 Å². The topological polar surface area (TPSA) is 21.7 Å². The molecule has 1 aromatic rings. The standard InChI is InChI=1S/C18H26BrNO2/c1-14-6-7-15(18(19)10-14)11-20(12-16-4-2-8-21-16)13-17-5-3-9-22-17/h6-7,10,16-17H,2-5,8-9,11-13H2,1H3. The molecule has 0 radical (unpaired) electrons. The molecular weight excluding hydrogens is 342 g/mol. The molecule has 2 heterocycles. The first-order valence-corrected chi connectivity index (χ1v) is 9.20. The summed E-state index contributed by atoms with van der Waals surface area (Å²) in [6.07, 6.45) is 5.57. The molecule has 1 aromatic carbocycles. The van der Waals surface area contributed by atoms with Crippen molar-refractivity contribution in [2.24, 2.45) is 0 Å². The Morgan fingerprint density at radius 3 is 2.23 bits per heavy atom. The van der Waals surface area contributed by atoms with Crippen LogP contribution in [0.4, 0.5) is 0 Å². The van der Waals surface area contributed by atoms with Gasteiger partial charge in [0.05, 0.1) is 12.2 Å². The van der Waals surface area contributed by atoms with Gasteiger partial charge in [0, 0.05) is 37.3 Å². The van der Waals surface area contributed by atoms with E-state index < -0.39 is 0 Å². The molecule has 0 spiro atoms. The second-order valence-corrected chi connectivity index (χ2v) is 7.41. The molecule has 0 aromatic heterocycles. The van der Waals surface area contributed by atoms with Crippen LogP contribution in [0.1, 0.15) is 36.8 Å². The van der Waals surface area contributed by atoms with Crippen LogP contribution in [0.2, 0.25) is 0 Å². The van der Waals surface area contributed by atoms with Gasteiger partial charge in [0.25, 0.3) is 0 Å².